The number of hydrogen-bond acceptors (Lipinski definition) is 5. The summed E-state index contributed by atoms with van der Waals surface area (Å²) in [6, 6.07) is 9.80. The summed E-state index contributed by atoms with van der Waals surface area (Å²) in [4.78, 5) is 5.44. The summed E-state index contributed by atoms with van der Waals surface area (Å²) in [5.74, 6) is -0.137. The molecule has 2 heterocycles. The first-order valence-electron chi connectivity index (χ1n) is 10.7. The summed E-state index contributed by atoms with van der Waals surface area (Å²) in [6.45, 7) is -1.71. The van der Waals surface area contributed by atoms with Gasteiger partial charge in [-0.3, -0.25) is 4.98 Å². The van der Waals surface area contributed by atoms with E-state index in [1.165, 1.54) is 41.4 Å². The van der Waals surface area contributed by atoms with Crippen LogP contribution in [0, 0.1) is 0 Å². The van der Waals surface area contributed by atoms with E-state index in [9.17, 15) is 49.7 Å². The van der Waals surface area contributed by atoms with Gasteiger partial charge in [-0.1, -0.05) is 24.3 Å². The molecule has 0 aliphatic carbocycles. The monoisotopic (exact) mass is 552 g/mol. The Morgan fingerprint density at radius 1 is 0.868 bits per heavy atom. The van der Waals surface area contributed by atoms with Gasteiger partial charge in [-0.05, 0) is 30.3 Å². The first kappa shape index (κ1) is 27.5. The molecule has 0 bridgehead atoms. The predicted molar refractivity (Wildman–Crippen MR) is 115 cm³/mol. The van der Waals surface area contributed by atoms with Crippen LogP contribution in [0.1, 0.15) is 22.9 Å². The predicted octanol–water partition coefficient (Wildman–Crippen LogP) is 6.01. The normalized spacial score (nSPS) is 16.5. The summed E-state index contributed by atoms with van der Waals surface area (Å²) < 4.78 is 122. The van der Waals surface area contributed by atoms with Gasteiger partial charge in [0.2, 0.25) is 0 Å². The summed E-state index contributed by atoms with van der Waals surface area (Å²) in [5.41, 5.74) is -5.59. The van der Waals surface area contributed by atoms with Gasteiger partial charge < -0.3 is 19.8 Å². The molecule has 1 aliphatic heterocycles. The van der Waals surface area contributed by atoms with Gasteiger partial charge in [0.15, 0.2) is 12.8 Å². The fourth-order valence-corrected chi connectivity index (χ4v) is 4.13. The van der Waals surface area contributed by atoms with Crippen molar-refractivity contribution in [1.29, 1.82) is 0 Å². The molecule has 3 aromatic rings. The largest absolute Gasteiger partial charge is 0.483 e. The van der Waals surface area contributed by atoms with E-state index < -0.39 is 42.5 Å². The number of benzene rings is 2. The molecule has 4 rings (SSSR count). The zero-order valence-electron chi connectivity index (χ0n) is 18.9. The third kappa shape index (κ3) is 4.85. The number of aliphatic hydroxyl groups excluding tert-OH is 1. The molecular formula is C24H17F9N2O3. The highest BCUT2D eigenvalue weighted by atomic mass is 19.4. The second-order valence-electron chi connectivity index (χ2n) is 8.38. The zero-order valence-corrected chi connectivity index (χ0v) is 18.9. The van der Waals surface area contributed by atoms with Gasteiger partial charge in [-0.2, -0.15) is 39.5 Å². The molecule has 0 saturated heterocycles. The van der Waals surface area contributed by atoms with Crippen molar-refractivity contribution >= 4 is 5.69 Å². The van der Waals surface area contributed by atoms with Crippen molar-refractivity contribution in [2.24, 2.45) is 0 Å². The van der Waals surface area contributed by atoms with Crippen LogP contribution in [-0.2, 0) is 12.1 Å². The molecule has 0 radical (unpaired) electrons. The molecular weight excluding hydrogens is 535 g/mol. The highest BCUT2D eigenvalue weighted by Crippen LogP contribution is 2.50. The summed E-state index contributed by atoms with van der Waals surface area (Å²) in [5, 5.41) is 20.4. The van der Waals surface area contributed by atoms with E-state index in [-0.39, 0.29) is 34.8 Å². The van der Waals surface area contributed by atoms with Crippen molar-refractivity contribution < 1.29 is 54.5 Å². The van der Waals surface area contributed by atoms with Crippen LogP contribution >= 0.6 is 0 Å². The maximum absolute atomic E-state index is 13.2. The molecule has 204 valence electrons. The minimum atomic E-state index is -6.06. The van der Waals surface area contributed by atoms with Gasteiger partial charge in [0.25, 0.3) is 5.60 Å². The summed E-state index contributed by atoms with van der Waals surface area (Å²) in [6.07, 6.45) is -16.8. The third-order valence-corrected chi connectivity index (χ3v) is 5.96. The number of aromatic nitrogens is 1. The maximum Gasteiger partial charge on any atom is 0.430 e. The molecule has 1 atom stereocenters. The maximum atomic E-state index is 13.2. The molecule has 38 heavy (non-hydrogen) atoms. The first-order chi connectivity index (χ1) is 17.5. The number of nitrogens with zero attached hydrogens (tertiary/aromatic N) is 2. The summed E-state index contributed by atoms with van der Waals surface area (Å²) >= 11 is 0. The number of hydrogen-bond donors (Lipinski definition) is 2. The Labute approximate surface area is 208 Å². The molecule has 1 unspecified atom stereocenters. The van der Waals surface area contributed by atoms with Crippen molar-refractivity contribution in [2.75, 3.05) is 11.5 Å². The smallest absolute Gasteiger partial charge is 0.430 e. The molecule has 14 heteroatoms. The lowest BCUT2D eigenvalue weighted by Gasteiger charge is -2.33. The number of ether oxygens (including phenoxy) is 1. The van der Waals surface area contributed by atoms with E-state index in [0.717, 1.165) is 12.1 Å². The van der Waals surface area contributed by atoms with Gasteiger partial charge in [0.05, 0.1) is 5.69 Å². The van der Waals surface area contributed by atoms with Gasteiger partial charge in [-0.25, -0.2) is 0 Å². The SMILES string of the molecule is OC1c2ccnc(-c3ccccc3OCC(F)(F)F)c2CN1c1ccc(C(O)(C(F)(F)F)C(F)(F)F)cc1. The van der Waals surface area contributed by atoms with E-state index in [1.807, 2.05) is 0 Å². The van der Waals surface area contributed by atoms with E-state index in [1.54, 1.807) is 0 Å². The minimum absolute atomic E-state index is 0.0108. The van der Waals surface area contributed by atoms with Gasteiger partial charge >= 0.3 is 18.5 Å². The highest BCUT2D eigenvalue weighted by Gasteiger charge is 2.71. The van der Waals surface area contributed by atoms with Gasteiger partial charge in [-0.15, -0.1) is 0 Å². The Kier molecular flexibility index (Phi) is 6.77. The van der Waals surface area contributed by atoms with Crippen LogP contribution in [0.25, 0.3) is 11.3 Å². The number of pyridine rings is 1. The van der Waals surface area contributed by atoms with Gasteiger partial charge in [0, 0.05) is 40.7 Å². The molecule has 1 aliphatic rings. The summed E-state index contributed by atoms with van der Waals surface area (Å²) in [7, 11) is 0. The molecule has 2 N–H and O–H groups in total. The average molecular weight is 552 g/mol. The molecule has 2 aromatic carbocycles. The van der Waals surface area contributed by atoms with Crippen LogP contribution < -0.4 is 9.64 Å². The Hall–Kier alpha value is -3.52. The Bertz CT molecular complexity index is 1290. The zero-order chi connectivity index (χ0) is 28.1. The van der Waals surface area contributed by atoms with Crippen molar-refractivity contribution in [3.63, 3.8) is 0 Å². The van der Waals surface area contributed by atoms with E-state index in [0.29, 0.717) is 17.7 Å². The number of anilines is 1. The average Bonchev–Trinajstić information content (AvgIpc) is 3.17. The standard InChI is InChI=1S/C24H17F9N2O3/c25-21(26,27)12-38-18-4-2-1-3-16(18)19-17-11-35(20(36)15(17)9-10-34-19)14-7-5-13(6-8-14)22(37,23(28,29)30)24(31,32)33/h1-10,20,36-37H,11-12H2. The van der Waals surface area contributed by atoms with Crippen LogP contribution in [0.5, 0.6) is 5.75 Å². The quantitative estimate of drug-likeness (QED) is 0.380. The Morgan fingerprint density at radius 3 is 2.05 bits per heavy atom. The lowest BCUT2D eigenvalue weighted by molar-refractivity contribution is -0.376. The van der Waals surface area contributed by atoms with E-state index in [2.05, 4.69) is 4.98 Å². The Morgan fingerprint density at radius 2 is 1.47 bits per heavy atom. The molecule has 0 spiro atoms. The fraction of sp³-hybridized carbons (Fsp3) is 0.292. The second kappa shape index (κ2) is 9.34. The molecule has 0 saturated carbocycles. The number of alkyl halides is 9. The lowest BCUT2D eigenvalue weighted by Crippen LogP contribution is -2.53. The number of aliphatic hydroxyl groups is 2. The fourth-order valence-electron chi connectivity index (χ4n) is 4.13. The topological polar surface area (TPSA) is 65.8 Å². The lowest BCUT2D eigenvalue weighted by atomic mass is 9.92. The number of para-hydroxylation sites is 1. The Balaban J connectivity index is 1.68. The second-order valence-corrected chi connectivity index (χ2v) is 8.38. The van der Waals surface area contributed by atoms with Crippen molar-refractivity contribution in [3.05, 3.63) is 77.5 Å². The molecule has 1 aromatic heterocycles. The van der Waals surface area contributed by atoms with Crippen molar-refractivity contribution in [1.82, 2.24) is 4.98 Å². The van der Waals surface area contributed by atoms with Crippen LogP contribution in [0.3, 0.4) is 0 Å². The van der Waals surface area contributed by atoms with Crippen LogP contribution in [0.4, 0.5) is 45.2 Å². The highest BCUT2D eigenvalue weighted by molar-refractivity contribution is 5.73. The number of halogens is 9. The van der Waals surface area contributed by atoms with Crippen molar-refractivity contribution in [2.45, 2.75) is 36.9 Å². The van der Waals surface area contributed by atoms with Crippen molar-refractivity contribution in [3.8, 4) is 17.0 Å². The van der Waals surface area contributed by atoms with Crippen LogP contribution in [0.2, 0.25) is 0 Å². The van der Waals surface area contributed by atoms with Crippen LogP contribution in [0.15, 0.2) is 60.8 Å². The number of rotatable bonds is 5. The number of fused-ring (bicyclic) bond motifs is 1. The van der Waals surface area contributed by atoms with E-state index >= 15 is 0 Å². The molecule has 5 nitrogen and oxygen atoms in total. The first-order valence-corrected chi connectivity index (χ1v) is 10.7. The molecule has 0 fully saturated rings. The minimum Gasteiger partial charge on any atom is -0.483 e. The van der Waals surface area contributed by atoms with Crippen LogP contribution in [-0.4, -0.2) is 40.3 Å². The third-order valence-electron chi connectivity index (χ3n) is 5.96. The van der Waals surface area contributed by atoms with E-state index in [4.69, 9.17) is 4.74 Å². The molecule has 0 amide bonds. The van der Waals surface area contributed by atoms with Gasteiger partial charge in [0.1, 0.15) is 5.75 Å².